The van der Waals surface area contributed by atoms with E-state index >= 15 is 0 Å². The van der Waals surface area contributed by atoms with Gasteiger partial charge in [0, 0.05) is 33.4 Å². The zero-order chi connectivity index (χ0) is 23.0. The normalized spacial score (nSPS) is 10.8. The molecule has 0 fully saturated rings. The summed E-state index contributed by atoms with van der Waals surface area (Å²) >= 11 is 0. The van der Waals surface area contributed by atoms with Crippen molar-refractivity contribution in [1.29, 1.82) is 0 Å². The van der Waals surface area contributed by atoms with E-state index in [1.165, 1.54) is 29.2 Å². The number of likely N-dealkylation sites (N-methyl/N-ethyl adjacent to an activating group) is 1. The summed E-state index contributed by atoms with van der Waals surface area (Å²) in [6, 6.07) is 13.1. The number of ether oxygens (including phenoxy) is 1. The Morgan fingerprint density at radius 3 is 2.39 bits per heavy atom. The van der Waals surface area contributed by atoms with E-state index in [-0.39, 0.29) is 22.9 Å². The van der Waals surface area contributed by atoms with Gasteiger partial charge in [0.1, 0.15) is 0 Å². The summed E-state index contributed by atoms with van der Waals surface area (Å²) in [5.41, 5.74) is 1.99. The third kappa shape index (κ3) is 6.84. The molecule has 9 heteroatoms. The van der Waals surface area contributed by atoms with E-state index in [9.17, 15) is 18.0 Å². The molecule has 0 aliphatic carbocycles. The standard InChI is InChI=1S/C22H25N3O5S/c1-5-13-23-31(28,29)20-8-6-7-18(14-20)22(27)30-16-21(26)25(4)15-17-9-11-19(12-10-17)24(2)3/h1,6-12,14,23H,13,15-16H2,2-4H3. The summed E-state index contributed by atoms with van der Waals surface area (Å²) in [4.78, 5) is 27.9. The number of amides is 1. The number of terminal acetylenes is 1. The lowest BCUT2D eigenvalue weighted by Crippen LogP contribution is -2.31. The number of hydrogen-bond acceptors (Lipinski definition) is 6. The van der Waals surface area contributed by atoms with Crippen molar-refractivity contribution in [2.45, 2.75) is 11.4 Å². The molecule has 0 spiro atoms. The van der Waals surface area contributed by atoms with Crippen LogP contribution in [-0.2, 0) is 26.1 Å². The van der Waals surface area contributed by atoms with Crippen LogP contribution in [-0.4, -0.2) is 59.5 Å². The molecule has 1 N–H and O–H groups in total. The Balaban J connectivity index is 1.95. The van der Waals surface area contributed by atoms with Gasteiger partial charge in [-0.2, -0.15) is 4.72 Å². The van der Waals surface area contributed by atoms with E-state index in [2.05, 4.69) is 10.6 Å². The zero-order valence-corrected chi connectivity index (χ0v) is 18.5. The van der Waals surface area contributed by atoms with Crippen LogP contribution in [0.4, 0.5) is 5.69 Å². The van der Waals surface area contributed by atoms with Crippen LogP contribution in [0.25, 0.3) is 0 Å². The summed E-state index contributed by atoms with van der Waals surface area (Å²) in [6.07, 6.45) is 5.06. The van der Waals surface area contributed by atoms with Crippen LogP contribution in [0, 0.1) is 12.3 Å². The van der Waals surface area contributed by atoms with Gasteiger partial charge < -0.3 is 14.5 Å². The second kappa shape index (κ2) is 10.6. The Kier molecular flexibility index (Phi) is 8.19. The van der Waals surface area contributed by atoms with Gasteiger partial charge in [0.2, 0.25) is 10.0 Å². The molecule has 0 atom stereocenters. The first kappa shape index (κ1) is 23.9. The van der Waals surface area contributed by atoms with E-state index < -0.39 is 22.6 Å². The largest absolute Gasteiger partial charge is 0.452 e. The maximum absolute atomic E-state index is 12.3. The molecule has 0 radical (unpaired) electrons. The first-order chi connectivity index (χ1) is 14.6. The second-order valence-corrected chi connectivity index (χ2v) is 8.71. The summed E-state index contributed by atoms with van der Waals surface area (Å²) in [6.45, 7) is -0.272. The molecule has 31 heavy (non-hydrogen) atoms. The monoisotopic (exact) mass is 443 g/mol. The maximum atomic E-state index is 12.3. The van der Waals surface area contributed by atoms with Crippen molar-refractivity contribution in [1.82, 2.24) is 9.62 Å². The third-order valence-electron chi connectivity index (χ3n) is 4.37. The van der Waals surface area contributed by atoms with Crippen molar-refractivity contribution in [2.75, 3.05) is 39.2 Å². The Morgan fingerprint density at radius 1 is 1.10 bits per heavy atom. The molecule has 0 aromatic heterocycles. The van der Waals surface area contributed by atoms with E-state index in [1.54, 1.807) is 7.05 Å². The van der Waals surface area contributed by atoms with Gasteiger partial charge in [-0.1, -0.05) is 24.1 Å². The van der Waals surface area contributed by atoms with Gasteiger partial charge in [-0.3, -0.25) is 4.79 Å². The summed E-state index contributed by atoms with van der Waals surface area (Å²) in [5.74, 6) is 0.988. The van der Waals surface area contributed by atoms with Crippen LogP contribution in [0.3, 0.4) is 0 Å². The van der Waals surface area contributed by atoms with E-state index in [0.717, 1.165) is 11.3 Å². The minimum Gasteiger partial charge on any atom is -0.452 e. The quantitative estimate of drug-likeness (QED) is 0.466. The number of esters is 1. The molecule has 1 amide bonds. The van der Waals surface area contributed by atoms with Gasteiger partial charge in [-0.25, -0.2) is 13.2 Å². The average molecular weight is 444 g/mol. The lowest BCUT2D eigenvalue weighted by atomic mass is 10.2. The average Bonchev–Trinajstić information content (AvgIpc) is 2.76. The molecule has 0 bridgehead atoms. The SMILES string of the molecule is C#CCNS(=O)(=O)c1cccc(C(=O)OCC(=O)N(C)Cc2ccc(N(C)C)cc2)c1. The van der Waals surface area contributed by atoms with Gasteiger partial charge in [0.15, 0.2) is 6.61 Å². The molecule has 2 aromatic carbocycles. The summed E-state index contributed by atoms with van der Waals surface area (Å²) < 4.78 is 31.5. The Labute approximate surface area is 182 Å². The van der Waals surface area contributed by atoms with Crippen molar-refractivity contribution < 1.29 is 22.7 Å². The highest BCUT2D eigenvalue weighted by Gasteiger charge is 2.18. The molecule has 0 unspecified atom stereocenters. The highest BCUT2D eigenvalue weighted by Crippen LogP contribution is 2.14. The van der Waals surface area contributed by atoms with Crippen LogP contribution in [0.2, 0.25) is 0 Å². The molecule has 2 aromatic rings. The maximum Gasteiger partial charge on any atom is 0.338 e. The van der Waals surface area contributed by atoms with Crippen molar-refractivity contribution in [3.8, 4) is 12.3 Å². The molecule has 2 rings (SSSR count). The van der Waals surface area contributed by atoms with Crippen LogP contribution >= 0.6 is 0 Å². The van der Waals surface area contributed by atoms with Gasteiger partial charge in [-0.05, 0) is 35.9 Å². The van der Waals surface area contributed by atoms with Gasteiger partial charge in [-0.15, -0.1) is 6.42 Å². The second-order valence-electron chi connectivity index (χ2n) is 6.94. The fraction of sp³-hybridized carbons (Fsp3) is 0.273. The number of hydrogen-bond donors (Lipinski definition) is 1. The van der Waals surface area contributed by atoms with Crippen LogP contribution in [0.15, 0.2) is 53.4 Å². The number of carbonyl (C=O) groups is 2. The van der Waals surface area contributed by atoms with Crippen molar-refractivity contribution in [2.24, 2.45) is 0 Å². The summed E-state index contributed by atoms with van der Waals surface area (Å²) in [7, 11) is 1.65. The van der Waals surface area contributed by atoms with Crippen molar-refractivity contribution in [3.63, 3.8) is 0 Å². The summed E-state index contributed by atoms with van der Waals surface area (Å²) in [5, 5.41) is 0. The lowest BCUT2D eigenvalue weighted by Gasteiger charge is -2.18. The molecule has 0 aliphatic rings. The van der Waals surface area contributed by atoms with Gasteiger partial charge >= 0.3 is 5.97 Å². The predicted octanol–water partition coefficient (Wildman–Crippen LogP) is 1.48. The van der Waals surface area contributed by atoms with E-state index in [4.69, 9.17) is 11.2 Å². The molecule has 0 aliphatic heterocycles. The molecular formula is C22H25N3O5S. The number of rotatable bonds is 9. The number of benzene rings is 2. The Bertz CT molecular complexity index is 1070. The molecule has 0 saturated carbocycles. The molecular weight excluding hydrogens is 418 g/mol. The minimum atomic E-state index is -3.84. The molecule has 164 valence electrons. The number of carbonyl (C=O) groups excluding carboxylic acids is 2. The van der Waals surface area contributed by atoms with Gasteiger partial charge in [0.05, 0.1) is 17.0 Å². The van der Waals surface area contributed by atoms with Crippen LogP contribution in [0.5, 0.6) is 0 Å². The molecule has 0 heterocycles. The first-order valence-electron chi connectivity index (χ1n) is 9.34. The third-order valence-corrected chi connectivity index (χ3v) is 5.77. The topological polar surface area (TPSA) is 96.0 Å². The van der Waals surface area contributed by atoms with Crippen LogP contribution < -0.4 is 9.62 Å². The molecule has 8 nitrogen and oxygen atoms in total. The van der Waals surface area contributed by atoms with Crippen molar-refractivity contribution >= 4 is 27.6 Å². The smallest absolute Gasteiger partial charge is 0.338 e. The predicted molar refractivity (Wildman–Crippen MR) is 118 cm³/mol. The van der Waals surface area contributed by atoms with Crippen LogP contribution in [0.1, 0.15) is 15.9 Å². The van der Waals surface area contributed by atoms with E-state index in [1.807, 2.05) is 43.3 Å². The number of sulfonamides is 1. The zero-order valence-electron chi connectivity index (χ0n) is 17.7. The minimum absolute atomic E-state index is 0.0123. The Morgan fingerprint density at radius 2 is 1.77 bits per heavy atom. The van der Waals surface area contributed by atoms with Crippen molar-refractivity contribution in [3.05, 3.63) is 59.7 Å². The number of nitrogens with zero attached hydrogens (tertiary/aromatic N) is 2. The van der Waals surface area contributed by atoms with Gasteiger partial charge in [0.25, 0.3) is 5.91 Å². The Hall–Kier alpha value is -3.35. The highest BCUT2D eigenvalue weighted by atomic mass is 32.2. The molecule has 0 saturated heterocycles. The number of anilines is 1. The lowest BCUT2D eigenvalue weighted by molar-refractivity contribution is -0.133. The fourth-order valence-electron chi connectivity index (χ4n) is 2.59. The number of nitrogens with one attached hydrogen (secondary N) is 1. The fourth-order valence-corrected chi connectivity index (χ4v) is 3.57. The highest BCUT2D eigenvalue weighted by molar-refractivity contribution is 7.89. The van der Waals surface area contributed by atoms with E-state index in [0.29, 0.717) is 6.54 Å². The first-order valence-corrected chi connectivity index (χ1v) is 10.8.